The Hall–Kier alpha value is -1.09. The molecule has 0 saturated carbocycles. The van der Waals surface area contributed by atoms with Gasteiger partial charge in [0.15, 0.2) is 11.6 Å². The number of methoxy groups -OCH3 is 1. The second-order valence-electron chi connectivity index (χ2n) is 4.28. The number of ether oxygens (including phenoxy) is 1. The third-order valence-electron chi connectivity index (χ3n) is 2.54. The molecule has 0 heterocycles. The molecule has 1 rings (SSSR count). The van der Waals surface area contributed by atoms with Crippen LogP contribution in [-0.2, 0) is 6.42 Å². The van der Waals surface area contributed by atoms with Crippen molar-refractivity contribution in [1.82, 2.24) is 5.32 Å². The van der Waals surface area contributed by atoms with Gasteiger partial charge < -0.3 is 10.1 Å². The molecule has 0 spiro atoms. The molecule has 0 saturated heterocycles. The summed E-state index contributed by atoms with van der Waals surface area (Å²) in [6, 6.07) is 5.08. The summed E-state index contributed by atoms with van der Waals surface area (Å²) in [6.07, 6.45) is 0.782. The predicted octanol–water partition coefficient (Wildman–Crippen LogP) is 2.37. The minimum Gasteiger partial charge on any atom is -0.494 e. The van der Waals surface area contributed by atoms with Crippen molar-refractivity contribution in [2.45, 2.75) is 25.8 Å². The Kier molecular flexibility index (Phi) is 3.69. The van der Waals surface area contributed by atoms with Gasteiger partial charge in [0.25, 0.3) is 0 Å². The molecular formula is C12H18FNO. The van der Waals surface area contributed by atoms with Crippen molar-refractivity contribution in [2.24, 2.45) is 0 Å². The number of hydrogen-bond acceptors (Lipinski definition) is 2. The maximum absolute atomic E-state index is 13.4. The van der Waals surface area contributed by atoms with Gasteiger partial charge in [-0.2, -0.15) is 0 Å². The summed E-state index contributed by atoms with van der Waals surface area (Å²) < 4.78 is 18.2. The van der Waals surface area contributed by atoms with E-state index in [9.17, 15) is 4.39 Å². The molecule has 0 amide bonds. The van der Waals surface area contributed by atoms with Gasteiger partial charge in [0.2, 0.25) is 0 Å². The lowest BCUT2D eigenvalue weighted by Gasteiger charge is -2.24. The highest BCUT2D eigenvalue weighted by Crippen LogP contribution is 2.20. The minimum atomic E-state index is -0.304. The molecule has 0 aliphatic heterocycles. The zero-order valence-electron chi connectivity index (χ0n) is 9.73. The molecule has 1 N–H and O–H groups in total. The Morgan fingerprint density at radius 1 is 1.40 bits per heavy atom. The molecular weight excluding hydrogens is 193 g/mol. The molecule has 84 valence electrons. The monoisotopic (exact) mass is 211 g/mol. The summed E-state index contributed by atoms with van der Waals surface area (Å²) in [5.41, 5.74) is 0.939. The van der Waals surface area contributed by atoms with Crippen LogP contribution in [0.5, 0.6) is 5.75 Å². The number of likely N-dealkylation sites (N-methyl/N-ethyl adjacent to an activating group) is 1. The van der Waals surface area contributed by atoms with Crippen molar-refractivity contribution in [1.29, 1.82) is 0 Å². The third-order valence-corrected chi connectivity index (χ3v) is 2.54. The van der Waals surface area contributed by atoms with Crippen LogP contribution < -0.4 is 10.1 Å². The van der Waals surface area contributed by atoms with E-state index in [1.54, 1.807) is 6.07 Å². The van der Waals surface area contributed by atoms with Crippen LogP contribution in [0.25, 0.3) is 0 Å². The van der Waals surface area contributed by atoms with E-state index in [1.165, 1.54) is 13.2 Å². The Bertz CT molecular complexity index is 336. The van der Waals surface area contributed by atoms with E-state index >= 15 is 0 Å². The molecule has 1 aromatic carbocycles. The van der Waals surface area contributed by atoms with E-state index in [4.69, 9.17) is 4.74 Å². The number of halogens is 1. The van der Waals surface area contributed by atoms with Gasteiger partial charge in [0.05, 0.1) is 7.11 Å². The van der Waals surface area contributed by atoms with Gasteiger partial charge in [-0.3, -0.25) is 0 Å². The molecule has 0 aliphatic rings. The minimum absolute atomic E-state index is 0.0268. The average molecular weight is 211 g/mol. The standard InChI is InChI=1S/C12H18FNO/c1-12(2,14-3)8-9-5-6-11(15-4)10(13)7-9/h5-7,14H,8H2,1-4H3. The van der Waals surface area contributed by atoms with Gasteiger partial charge in [0.1, 0.15) is 0 Å². The molecule has 3 heteroatoms. The van der Waals surface area contributed by atoms with Gasteiger partial charge in [-0.25, -0.2) is 4.39 Å². The van der Waals surface area contributed by atoms with Gasteiger partial charge in [-0.05, 0) is 45.0 Å². The van der Waals surface area contributed by atoms with Crippen molar-refractivity contribution in [3.05, 3.63) is 29.6 Å². The second-order valence-corrected chi connectivity index (χ2v) is 4.28. The Labute approximate surface area is 90.4 Å². The molecule has 2 nitrogen and oxygen atoms in total. The van der Waals surface area contributed by atoms with Gasteiger partial charge in [-0.15, -0.1) is 0 Å². The summed E-state index contributed by atoms with van der Waals surface area (Å²) in [4.78, 5) is 0. The average Bonchev–Trinajstić information content (AvgIpc) is 2.17. The van der Waals surface area contributed by atoms with E-state index < -0.39 is 0 Å². The van der Waals surface area contributed by atoms with Crippen LogP contribution in [0.1, 0.15) is 19.4 Å². The summed E-state index contributed by atoms with van der Waals surface area (Å²) in [5.74, 6) is -0.0112. The Balaban J connectivity index is 2.84. The fourth-order valence-electron chi connectivity index (χ4n) is 1.42. The van der Waals surface area contributed by atoms with Crippen LogP contribution in [0.15, 0.2) is 18.2 Å². The molecule has 0 radical (unpaired) electrons. The predicted molar refractivity (Wildman–Crippen MR) is 59.8 cm³/mol. The van der Waals surface area contributed by atoms with E-state index in [0.29, 0.717) is 5.75 Å². The first kappa shape index (κ1) is 12.0. The fraction of sp³-hybridized carbons (Fsp3) is 0.500. The fourth-order valence-corrected chi connectivity index (χ4v) is 1.42. The van der Waals surface area contributed by atoms with Gasteiger partial charge in [-0.1, -0.05) is 6.07 Å². The van der Waals surface area contributed by atoms with Crippen LogP contribution in [0.3, 0.4) is 0 Å². The lowest BCUT2D eigenvalue weighted by molar-refractivity contribution is 0.384. The lowest BCUT2D eigenvalue weighted by atomic mass is 9.95. The maximum atomic E-state index is 13.4. The summed E-state index contributed by atoms with van der Waals surface area (Å²) in [7, 11) is 3.37. The molecule has 0 unspecified atom stereocenters. The zero-order chi connectivity index (χ0) is 11.5. The Morgan fingerprint density at radius 3 is 2.53 bits per heavy atom. The highest BCUT2D eigenvalue weighted by Gasteiger charge is 2.16. The number of rotatable bonds is 4. The molecule has 1 aromatic rings. The first-order valence-corrected chi connectivity index (χ1v) is 5.00. The maximum Gasteiger partial charge on any atom is 0.165 e. The Morgan fingerprint density at radius 2 is 2.07 bits per heavy atom. The topological polar surface area (TPSA) is 21.3 Å². The summed E-state index contributed by atoms with van der Waals surface area (Å²) in [6.45, 7) is 4.16. The van der Waals surface area contributed by atoms with E-state index in [-0.39, 0.29) is 11.4 Å². The van der Waals surface area contributed by atoms with Crippen LogP contribution in [0, 0.1) is 5.82 Å². The number of benzene rings is 1. The van der Waals surface area contributed by atoms with E-state index in [1.807, 2.05) is 13.1 Å². The number of nitrogens with one attached hydrogen (secondary N) is 1. The lowest BCUT2D eigenvalue weighted by Crippen LogP contribution is -2.38. The molecule has 0 aliphatic carbocycles. The van der Waals surface area contributed by atoms with E-state index in [2.05, 4.69) is 19.2 Å². The van der Waals surface area contributed by atoms with Crippen LogP contribution in [0.2, 0.25) is 0 Å². The normalized spacial score (nSPS) is 11.5. The molecule has 15 heavy (non-hydrogen) atoms. The highest BCUT2D eigenvalue weighted by molar-refractivity contribution is 5.30. The molecule has 0 bridgehead atoms. The quantitative estimate of drug-likeness (QED) is 0.825. The SMILES string of the molecule is CNC(C)(C)Cc1ccc(OC)c(F)c1. The first-order valence-electron chi connectivity index (χ1n) is 5.00. The van der Waals surface area contributed by atoms with Crippen molar-refractivity contribution < 1.29 is 9.13 Å². The zero-order valence-corrected chi connectivity index (χ0v) is 9.73. The van der Waals surface area contributed by atoms with Crippen molar-refractivity contribution in [3.63, 3.8) is 0 Å². The van der Waals surface area contributed by atoms with Gasteiger partial charge >= 0.3 is 0 Å². The third kappa shape index (κ3) is 3.20. The summed E-state index contributed by atoms with van der Waals surface area (Å²) >= 11 is 0. The van der Waals surface area contributed by atoms with E-state index in [0.717, 1.165) is 12.0 Å². The van der Waals surface area contributed by atoms with Crippen molar-refractivity contribution in [2.75, 3.05) is 14.2 Å². The molecule has 0 aromatic heterocycles. The van der Waals surface area contributed by atoms with Gasteiger partial charge in [0, 0.05) is 5.54 Å². The second kappa shape index (κ2) is 4.62. The van der Waals surface area contributed by atoms with Crippen molar-refractivity contribution in [3.8, 4) is 5.75 Å². The smallest absolute Gasteiger partial charge is 0.165 e. The van der Waals surface area contributed by atoms with Crippen LogP contribution in [0.4, 0.5) is 4.39 Å². The molecule has 0 atom stereocenters. The molecule has 0 fully saturated rings. The first-order chi connectivity index (χ1) is 6.98. The summed E-state index contributed by atoms with van der Waals surface area (Å²) in [5, 5.41) is 3.18. The van der Waals surface area contributed by atoms with Crippen molar-refractivity contribution >= 4 is 0 Å². The highest BCUT2D eigenvalue weighted by atomic mass is 19.1. The largest absolute Gasteiger partial charge is 0.494 e. The van der Waals surface area contributed by atoms with Crippen LogP contribution in [-0.4, -0.2) is 19.7 Å². The number of hydrogen-bond donors (Lipinski definition) is 1. The van der Waals surface area contributed by atoms with Crippen LogP contribution >= 0.6 is 0 Å².